The lowest BCUT2D eigenvalue weighted by Crippen LogP contribution is -2.52. The van der Waals surface area contributed by atoms with Gasteiger partial charge in [0.15, 0.2) is 0 Å². The van der Waals surface area contributed by atoms with Crippen molar-refractivity contribution >= 4 is 39.3 Å². The molecule has 0 spiro atoms. The molecule has 2 aromatic rings. The zero-order chi connectivity index (χ0) is 23.1. The number of hydrogen-bond acceptors (Lipinski definition) is 6. The highest BCUT2D eigenvalue weighted by Crippen LogP contribution is 2.45. The van der Waals surface area contributed by atoms with Crippen LogP contribution in [0.5, 0.6) is 0 Å². The second kappa shape index (κ2) is 8.61. The number of carbonyl (C=O) groups is 1. The smallest absolute Gasteiger partial charge is 0.410 e. The Balaban J connectivity index is 1.45. The molecule has 32 heavy (non-hydrogen) atoms. The molecule has 2 aromatic carbocycles. The Kier molecular flexibility index (Phi) is 6.17. The van der Waals surface area contributed by atoms with Crippen LogP contribution < -0.4 is 5.32 Å². The van der Waals surface area contributed by atoms with Crippen LogP contribution in [-0.4, -0.2) is 55.5 Å². The van der Waals surface area contributed by atoms with Gasteiger partial charge in [0.1, 0.15) is 5.60 Å². The van der Waals surface area contributed by atoms with Gasteiger partial charge in [-0.15, -0.1) is 0 Å². The van der Waals surface area contributed by atoms with Crippen molar-refractivity contribution in [2.45, 2.75) is 48.3 Å². The summed E-state index contributed by atoms with van der Waals surface area (Å²) in [6, 6.07) is 13.9. The summed E-state index contributed by atoms with van der Waals surface area (Å²) >= 11 is 1.67. The quantitative estimate of drug-likeness (QED) is 0.584. The summed E-state index contributed by atoms with van der Waals surface area (Å²) in [5, 5.41) is 2.73. The van der Waals surface area contributed by atoms with E-state index in [0.717, 1.165) is 26.7 Å². The molecular formula is C23H29N3O4S2. The Morgan fingerprint density at radius 1 is 1.03 bits per heavy atom. The summed E-state index contributed by atoms with van der Waals surface area (Å²) < 4.78 is 33.5. The topological polar surface area (TPSA) is 79.0 Å². The van der Waals surface area contributed by atoms with Crippen molar-refractivity contribution in [2.75, 3.05) is 31.5 Å². The number of rotatable bonds is 3. The number of hydrogen-bond donors (Lipinski definition) is 1. The van der Waals surface area contributed by atoms with E-state index in [2.05, 4.69) is 11.4 Å². The summed E-state index contributed by atoms with van der Waals surface area (Å²) in [4.78, 5) is 16.1. The third kappa shape index (κ3) is 4.74. The number of sulfonamides is 1. The first-order chi connectivity index (χ1) is 15.0. The van der Waals surface area contributed by atoms with Crippen molar-refractivity contribution < 1.29 is 17.9 Å². The Labute approximate surface area is 194 Å². The van der Waals surface area contributed by atoms with Crippen LogP contribution in [0.25, 0.3) is 0 Å². The maximum atomic E-state index is 13.3. The zero-order valence-corrected chi connectivity index (χ0v) is 20.4. The van der Waals surface area contributed by atoms with Crippen LogP contribution in [0.15, 0.2) is 52.3 Å². The minimum Gasteiger partial charge on any atom is -0.444 e. The van der Waals surface area contributed by atoms with Crippen LogP contribution in [0.4, 0.5) is 16.2 Å². The number of carbonyl (C=O) groups excluding carboxylic acids is 1. The maximum absolute atomic E-state index is 13.3. The Morgan fingerprint density at radius 2 is 1.69 bits per heavy atom. The molecule has 9 heteroatoms. The number of benzene rings is 2. The summed E-state index contributed by atoms with van der Waals surface area (Å²) in [6.07, 6.45) is -0.402. The number of anilines is 2. The molecule has 1 unspecified atom stereocenters. The highest BCUT2D eigenvalue weighted by molar-refractivity contribution is 7.99. The minimum absolute atomic E-state index is 0.262. The predicted molar refractivity (Wildman–Crippen MR) is 127 cm³/mol. The van der Waals surface area contributed by atoms with Gasteiger partial charge < -0.3 is 15.0 Å². The standard InChI is InChI=1S/C23H29N3O4S2/c1-16(17-9-10-21-19(15-17)24-18-7-5-6-8-20(18)31-21)32(28,29)26-13-11-25(12-14-26)22(27)30-23(2,3)4/h5-10,15-16,24H,11-14H2,1-4H3. The molecule has 4 rings (SSSR count). The van der Waals surface area contributed by atoms with E-state index in [-0.39, 0.29) is 13.1 Å². The van der Waals surface area contributed by atoms with Crippen LogP contribution in [0.2, 0.25) is 0 Å². The second-order valence-corrected chi connectivity index (χ2v) is 12.4. The van der Waals surface area contributed by atoms with Gasteiger partial charge in [0.2, 0.25) is 10.0 Å². The van der Waals surface area contributed by atoms with E-state index >= 15 is 0 Å². The molecule has 1 atom stereocenters. The SMILES string of the molecule is CC(c1ccc2c(c1)Nc1ccccc1S2)S(=O)(=O)N1CCN(C(=O)OC(C)(C)C)CC1. The second-order valence-electron chi connectivity index (χ2n) is 9.03. The molecule has 2 aliphatic heterocycles. The number of fused-ring (bicyclic) bond motifs is 2. The molecule has 172 valence electrons. The summed E-state index contributed by atoms with van der Waals surface area (Å²) in [5.74, 6) is 0. The van der Waals surface area contributed by atoms with E-state index in [4.69, 9.17) is 4.74 Å². The Bertz CT molecular complexity index is 1120. The fraction of sp³-hybridized carbons (Fsp3) is 0.435. The first-order valence-electron chi connectivity index (χ1n) is 10.7. The highest BCUT2D eigenvalue weighted by Gasteiger charge is 2.35. The van der Waals surface area contributed by atoms with Crippen LogP contribution in [0.3, 0.4) is 0 Å². The third-order valence-electron chi connectivity index (χ3n) is 5.55. The van der Waals surface area contributed by atoms with E-state index in [1.54, 1.807) is 23.6 Å². The van der Waals surface area contributed by atoms with Gasteiger partial charge in [-0.1, -0.05) is 30.0 Å². The number of nitrogens with zero attached hydrogens (tertiary/aromatic N) is 2. The molecule has 1 N–H and O–H groups in total. The number of para-hydroxylation sites is 1. The average Bonchev–Trinajstić information content (AvgIpc) is 2.75. The number of amides is 1. The molecule has 0 saturated carbocycles. The van der Waals surface area contributed by atoms with Gasteiger partial charge in [-0.25, -0.2) is 13.2 Å². The van der Waals surface area contributed by atoms with Gasteiger partial charge in [0.25, 0.3) is 0 Å². The molecular weight excluding hydrogens is 446 g/mol. The number of ether oxygens (including phenoxy) is 1. The number of piperazine rings is 1. The lowest BCUT2D eigenvalue weighted by atomic mass is 10.1. The molecule has 7 nitrogen and oxygen atoms in total. The van der Waals surface area contributed by atoms with Crippen LogP contribution in [0.1, 0.15) is 38.5 Å². The molecule has 1 fully saturated rings. The first kappa shape index (κ1) is 22.9. The van der Waals surface area contributed by atoms with E-state index in [1.165, 1.54) is 4.31 Å². The van der Waals surface area contributed by atoms with E-state index in [0.29, 0.717) is 13.1 Å². The predicted octanol–water partition coefficient (Wildman–Crippen LogP) is 4.84. The van der Waals surface area contributed by atoms with Crippen molar-refractivity contribution in [3.63, 3.8) is 0 Å². The molecule has 1 amide bonds. The molecule has 0 radical (unpaired) electrons. The van der Waals surface area contributed by atoms with E-state index in [9.17, 15) is 13.2 Å². The maximum Gasteiger partial charge on any atom is 0.410 e. The van der Waals surface area contributed by atoms with Crippen molar-refractivity contribution in [1.82, 2.24) is 9.21 Å². The third-order valence-corrected chi connectivity index (χ3v) is 8.95. The fourth-order valence-electron chi connectivity index (χ4n) is 3.76. The molecule has 1 saturated heterocycles. The number of nitrogens with one attached hydrogen (secondary N) is 1. The summed E-state index contributed by atoms with van der Waals surface area (Å²) in [7, 11) is -3.57. The first-order valence-corrected chi connectivity index (χ1v) is 13.0. The molecule has 0 aliphatic carbocycles. The van der Waals surface area contributed by atoms with Crippen LogP contribution in [-0.2, 0) is 14.8 Å². The lowest BCUT2D eigenvalue weighted by molar-refractivity contribution is 0.0192. The van der Waals surface area contributed by atoms with Gasteiger partial charge in [-0.3, -0.25) is 0 Å². The van der Waals surface area contributed by atoms with Crippen LogP contribution in [0, 0.1) is 0 Å². The van der Waals surface area contributed by atoms with Crippen molar-refractivity contribution in [3.05, 3.63) is 48.0 Å². The molecule has 2 aliphatic rings. The largest absolute Gasteiger partial charge is 0.444 e. The van der Waals surface area contributed by atoms with Gasteiger partial charge in [-0.2, -0.15) is 4.31 Å². The Morgan fingerprint density at radius 3 is 2.38 bits per heavy atom. The van der Waals surface area contributed by atoms with Gasteiger partial charge in [0.05, 0.1) is 16.6 Å². The van der Waals surface area contributed by atoms with Gasteiger partial charge in [0, 0.05) is 36.0 Å². The minimum atomic E-state index is -3.57. The lowest BCUT2D eigenvalue weighted by Gasteiger charge is -2.36. The van der Waals surface area contributed by atoms with E-state index in [1.807, 2.05) is 57.2 Å². The van der Waals surface area contributed by atoms with Gasteiger partial charge >= 0.3 is 6.09 Å². The van der Waals surface area contributed by atoms with E-state index < -0.39 is 27.0 Å². The van der Waals surface area contributed by atoms with Crippen molar-refractivity contribution in [1.29, 1.82) is 0 Å². The molecule has 2 heterocycles. The normalized spacial score (nSPS) is 17.7. The molecule has 0 aromatic heterocycles. The van der Waals surface area contributed by atoms with Crippen LogP contribution >= 0.6 is 11.8 Å². The van der Waals surface area contributed by atoms with Crippen molar-refractivity contribution in [2.24, 2.45) is 0 Å². The molecule has 0 bridgehead atoms. The van der Waals surface area contributed by atoms with Crippen molar-refractivity contribution in [3.8, 4) is 0 Å². The summed E-state index contributed by atoms with van der Waals surface area (Å²) in [5.41, 5.74) is 2.11. The highest BCUT2D eigenvalue weighted by atomic mass is 32.2. The summed E-state index contributed by atoms with van der Waals surface area (Å²) in [6.45, 7) is 8.34. The average molecular weight is 476 g/mol. The monoisotopic (exact) mass is 475 g/mol. The Hall–Kier alpha value is -2.23. The fourth-order valence-corrected chi connectivity index (χ4v) is 6.34. The zero-order valence-electron chi connectivity index (χ0n) is 18.8. The van der Waals surface area contributed by atoms with Gasteiger partial charge in [-0.05, 0) is 57.5 Å².